The van der Waals surface area contributed by atoms with Crippen LogP contribution in [0.3, 0.4) is 0 Å². The molecule has 1 rings (SSSR count). The van der Waals surface area contributed by atoms with Crippen LogP contribution >= 0.6 is 11.6 Å². The SMILES string of the molecule is CC(C)(C)OC(=O)c1cc(N)c(Cl)c(=O)[nH]1. The fourth-order valence-corrected chi connectivity index (χ4v) is 1.11. The van der Waals surface area contributed by atoms with Crippen LogP contribution in [-0.4, -0.2) is 16.6 Å². The standard InChI is InChI=1S/C10H13ClN2O3/c1-10(2,3)16-9(15)6-4-5(12)7(11)8(14)13-6/h4H,1-3H3,(H3,12,13,14). The molecule has 88 valence electrons. The van der Waals surface area contributed by atoms with Gasteiger partial charge in [-0.15, -0.1) is 0 Å². The molecule has 0 aliphatic heterocycles. The van der Waals surface area contributed by atoms with Crippen molar-refractivity contribution in [3.63, 3.8) is 0 Å². The summed E-state index contributed by atoms with van der Waals surface area (Å²) in [5.74, 6) is -0.645. The zero-order valence-electron chi connectivity index (χ0n) is 9.26. The van der Waals surface area contributed by atoms with Gasteiger partial charge in [-0.1, -0.05) is 11.6 Å². The van der Waals surface area contributed by atoms with E-state index >= 15 is 0 Å². The minimum Gasteiger partial charge on any atom is -0.455 e. The number of H-pyrrole nitrogens is 1. The second-order valence-corrected chi connectivity index (χ2v) is 4.66. The fourth-order valence-electron chi connectivity index (χ4n) is 1.01. The average molecular weight is 245 g/mol. The summed E-state index contributed by atoms with van der Waals surface area (Å²) >= 11 is 5.57. The summed E-state index contributed by atoms with van der Waals surface area (Å²) in [6.45, 7) is 5.17. The Morgan fingerprint density at radius 1 is 1.50 bits per heavy atom. The highest BCUT2D eigenvalue weighted by Crippen LogP contribution is 2.15. The normalized spacial score (nSPS) is 11.2. The highest BCUT2D eigenvalue weighted by atomic mass is 35.5. The zero-order valence-corrected chi connectivity index (χ0v) is 10.0. The van der Waals surface area contributed by atoms with Gasteiger partial charge in [0, 0.05) is 0 Å². The molecule has 0 atom stereocenters. The summed E-state index contributed by atoms with van der Waals surface area (Å²) < 4.78 is 5.07. The third-order valence-electron chi connectivity index (χ3n) is 1.62. The van der Waals surface area contributed by atoms with Gasteiger partial charge in [0.05, 0.1) is 5.69 Å². The summed E-state index contributed by atoms with van der Waals surface area (Å²) in [5, 5.41) is -0.132. The third kappa shape index (κ3) is 3.00. The van der Waals surface area contributed by atoms with Crippen molar-refractivity contribution in [2.75, 3.05) is 5.73 Å². The molecule has 0 aromatic carbocycles. The highest BCUT2D eigenvalue weighted by molar-refractivity contribution is 6.32. The van der Waals surface area contributed by atoms with Gasteiger partial charge in [-0.2, -0.15) is 0 Å². The largest absolute Gasteiger partial charge is 0.455 e. The van der Waals surface area contributed by atoms with E-state index in [-0.39, 0.29) is 16.4 Å². The van der Waals surface area contributed by atoms with Crippen LogP contribution in [0.15, 0.2) is 10.9 Å². The highest BCUT2D eigenvalue weighted by Gasteiger charge is 2.19. The molecule has 0 radical (unpaired) electrons. The molecule has 0 saturated carbocycles. The first-order valence-corrected chi connectivity index (χ1v) is 5.00. The summed E-state index contributed by atoms with van der Waals surface area (Å²) in [5.41, 5.74) is 4.25. The maximum atomic E-state index is 11.6. The van der Waals surface area contributed by atoms with Crippen LogP contribution in [0.2, 0.25) is 5.02 Å². The van der Waals surface area contributed by atoms with E-state index in [9.17, 15) is 9.59 Å². The number of carbonyl (C=O) groups excluding carboxylic acids is 1. The number of hydrogen-bond donors (Lipinski definition) is 2. The van der Waals surface area contributed by atoms with Crippen LogP contribution in [0.4, 0.5) is 5.69 Å². The summed E-state index contributed by atoms with van der Waals surface area (Å²) in [6.07, 6.45) is 0. The molecule has 0 aliphatic carbocycles. The monoisotopic (exact) mass is 244 g/mol. The molecule has 0 amide bonds. The molecular formula is C10H13ClN2O3. The lowest BCUT2D eigenvalue weighted by Crippen LogP contribution is -2.26. The number of pyridine rings is 1. The number of nitrogens with two attached hydrogens (primary N) is 1. The Kier molecular flexibility index (Phi) is 3.28. The molecule has 16 heavy (non-hydrogen) atoms. The van der Waals surface area contributed by atoms with Crippen LogP contribution in [0.25, 0.3) is 0 Å². The molecule has 5 nitrogen and oxygen atoms in total. The second-order valence-electron chi connectivity index (χ2n) is 4.28. The molecular weight excluding hydrogens is 232 g/mol. The molecule has 3 N–H and O–H groups in total. The van der Waals surface area contributed by atoms with E-state index in [4.69, 9.17) is 22.1 Å². The molecule has 0 fully saturated rings. The van der Waals surface area contributed by atoms with Crippen molar-refractivity contribution >= 4 is 23.3 Å². The van der Waals surface area contributed by atoms with Crippen molar-refractivity contribution in [3.05, 3.63) is 27.1 Å². The first-order chi connectivity index (χ1) is 7.20. The number of anilines is 1. The van der Waals surface area contributed by atoms with Gasteiger partial charge >= 0.3 is 5.97 Å². The maximum absolute atomic E-state index is 11.6. The zero-order chi connectivity index (χ0) is 12.5. The van der Waals surface area contributed by atoms with Crippen molar-refractivity contribution in [2.45, 2.75) is 26.4 Å². The molecule has 0 spiro atoms. The smallest absolute Gasteiger partial charge is 0.355 e. The number of aromatic nitrogens is 1. The van der Waals surface area contributed by atoms with E-state index in [2.05, 4.69) is 4.98 Å². The molecule has 1 aromatic heterocycles. The number of halogens is 1. The Hall–Kier alpha value is -1.49. The lowest BCUT2D eigenvalue weighted by Gasteiger charge is -2.19. The predicted molar refractivity (Wildman–Crippen MR) is 61.7 cm³/mol. The van der Waals surface area contributed by atoms with Crippen LogP contribution in [0.1, 0.15) is 31.3 Å². The van der Waals surface area contributed by atoms with Crippen LogP contribution in [-0.2, 0) is 4.74 Å². The third-order valence-corrected chi connectivity index (χ3v) is 2.01. The van der Waals surface area contributed by atoms with E-state index in [0.29, 0.717) is 0 Å². The van der Waals surface area contributed by atoms with Crippen molar-refractivity contribution < 1.29 is 9.53 Å². The number of nitrogens with one attached hydrogen (secondary N) is 1. The van der Waals surface area contributed by atoms with E-state index in [1.807, 2.05) is 0 Å². The van der Waals surface area contributed by atoms with Crippen molar-refractivity contribution in [2.24, 2.45) is 0 Å². The van der Waals surface area contributed by atoms with E-state index in [1.165, 1.54) is 6.07 Å². The lowest BCUT2D eigenvalue weighted by molar-refractivity contribution is 0.00626. The second kappa shape index (κ2) is 4.17. The Balaban J connectivity index is 3.07. The van der Waals surface area contributed by atoms with Crippen LogP contribution < -0.4 is 11.3 Å². The minimum absolute atomic E-state index is 0.0122. The summed E-state index contributed by atoms with van der Waals surface area (Å²) in [4.78, 5) is 25.1. The minimum atomic E-state index is -0.645. The van der Waals surface area contributed by atoms with Gasteiger partial charge in [0.1, 0.15) is 16.3 Å². The molecule has 6 heteroatoms. The summed E-state index contributed by atoms with van der Waals surface area (Å²) in [6, 6.07) is 1.28. The number of carbonyl (C=O) groups is 1. The molecule has 0 saturated heterocycles. The van der Waals surface area contributed by atoms with Gasteiger partial charge < -0.3 is 15.5 Å². The van der Waals surface area contributed by atoms with Crippen molar-refractivity contribution in [1.29, 1.82) is 0 Å². The van der Waals surface area contributed by atoms with Crippen molar-refractivity contribution in [3.8, 4) is 0 Å². The summed E-state index contributed by atoms with van der Waals surface area (Å²) in [7, 11) is 0. The van der Waals surface area contributed by atoms with E-state index in [0.717, 1.165) is 0 Å². The van der Waals surface area contributed by atoms with Gasteiger partial charge in [-0.05, 0) is 26.8 Å². The lowest BCUT2D eigenvalue weighted by atomic mass is 10.2. The van der Waals surface area contributed by atoms with Gasteiger partial charge in [0.25, 0.3) is 5.56 Å². The van der Waals surface area contributed by atoms with Gasteiger partial charge in [-0.25, -0.2) is 4.79 Å². The first kappa shape index (κ1) is 12.6. The van der Waals surface area contributed by atoms with Crippen molar-refractivity contribution in [1.82, 2.24) is 4.98 Å². The number of rotatable bonds is 1. The Labute approximate surface area is 97.6 Å². The first-order valence-electron chi connectivity index (χ1n) is 4.62. The Morgan fingerprint density at radius 3 is 2.50 bits per heavy atom. The molecule has 1 heterocycles. The van der Waals surface area contributed by atoms with Crippen LogP contribution in [0.5, 0.6) is 0 Å². The fraction of sp³-hybridized carbons (Fsp3) is 0.400. The van der Waals surface area contributed by atoms with Crippen LogP contribution in [0, 0.1) is 0 Å². The number of nitrogen functional groups attached to an aromatic ring is 1. The van der Waals surface area contributed by atoms with Gasteiger partial charge in [-0.3, -0.25) is 4.79 Å². The van der Waals surface area contributed by atoms with Gasteiger partial charge in [0.2, 0.25) is 0 Å². The molecule has 1 aromatic rings. The average Bonchev–Trinajstić information content (AvgIpc) is 2.10. The number of hydrogen-bond acceptors (Lipinski definition) is 4. The topological polar surface area (TPSA) is 85.2 Å². The Bertz CT molecular complexity index is 474. The van der Waals surface area contributed by atoms with E-state index in [1.54, 1.807) is 20.8 Å². The van der Waals surface area contributed by atoms with E-state index < -0.39 is 17.1 Å². The number of ether oxygens (including phenoxy) is 1. The quantitative estimate of drug-likeness (QED) is 0.735. The molecule has 0 bridgehead atoms. The number of esters is 1. The number of aromatic amines is 1. The Morgan fingerprint density at radius 2 is 2.06 bits per heavy atom. The molecule has 0 unspecified atom stereocenters. The maximum Gasteiger partial charge on any atom is 0.355 e. The van der Waals surface area contributed by atoms with Gasteiger partial charge in [0.15, 0.2) is 0 Å². The predicted octanol–water partition coefficient (Wildman–Crippen LogP) is 1.57. The molecule has 0 aliphatic rings.